The fraction of sp³-hybridized carbons (Fsp3) is 0. The average molecular weight is 451 g/mol. The van der Waals surface area contributed by atoms with Crippen LogP contribution in [0, 0.1) is 11.3 Å². The number of nitrogens with zero attached hydrogens (tertiary/aromatic N) is 2. The van der Waals surface area contributed by atoms with Crippen molar-refractivity contribution in [1.82, 2.24) is 4.98 Å². The lowest BCUT2D eigenvalue weighted by atomic mass is 10.2. The highest BCUT2D eigenvalue weighted by atomic mass is 79.9. The van der Waals surface area contributed by atoms with E-state index in [1.165, 1.54) is 18.0 Å². The van der Waals surface area contributed by atoms with Gasteiger partial charge in [-0.05, 0) is 52.3 Å². The van der Waals surface area contributed by atoms with Crippen molar-refractivity contribution in [2.45, 2.75) is 9.79 Å². The maximum Gasteiger partial charge on any atom is 0.267 e. The van der Waals surface area contributed by atoms with Crippen LogP contribution in [-0.4, -0.2) is 10.9 Å². The van der Waals surface area contributed by atoms with Crippen LogP contribution in [-0.2, 0) is 4.79 Å². The van der Waals surface area contributed by atoms with Gasteiger partial charge in [-0.3, -0.25) is 4.79 Å². The molecule has 2 aromatic carbocycles. The number of benzene rings is 2. The van der Waals surface area contributed by atoms with Crippen molar-refractivity contribution in [1.29, 1.82) is 5.26 Å². The number of halogens is 1. The van der Waals surface area contributed by atoms with Crippen LogP contribution in [0.15, 0.2) is 99.0 Å². The third-order valence-corrected chi connectivity index (χ3v) is 5.12. The van der Waals surface area contributed by atoms with E-state index < -0.39 is 5.91 Å². The van der Waals surface area contributed by atoms with Gasteiger partial charge in [-0.25, -0.2) is 4.98 Å². The average Bonchev–Trinajstić information content (AvgIpc) is 2.72. The molecule has 0 atom stereocenters. The minimum absolute atomic E-state index is 0.0516. The van der Waals surface area contributed by atoms with Gasteiger partial charge in [0.05, 0.1) is 5.69 Å². The summed E-state index contributed by atoms with van der Waals surface area (Å²) in [5, 5.41) is 15.0. The standard InChI is InChI=1S/C21H15BrN4OS/c22-16-10-11-20(25-14-16)24-13-15(12-23)21(27)26-18-8-4-5-9-19(18)28-17-6-2-1-3-7-17/h1-11,13-14H,(H,24,25)(H,26,27)/b15-13-. The first kappa shape index (κ1) is 19.7. The Morgan fingerprint density at radius 1 is 1.07 bits per heavy atom. The van der Waals surface area contributed by atoms with E-state index >= 15 is 0 Å². The van der Waals surface area contributed by atoms with Gasteiger partial charge in [-0.2, -0.15) is 5.26 Å². The lowest BCUT2D eigenvalue weighted by molar-refractivity contribution is -0.112. The summed E-state index contributed by atoms with van der Waals surface area (Å²) in [4.78, 5) is 18.6. The third kappa shape index (κ3) is 5.46. The topological polar surface area (TPSA) is 77.8 Å². The molecule has 0 spiro atoms. The number of rotatable bonds is 6. The SMILES string of the molecule is N#C/C(=C/Nc1ccc(Br)cn1)C(=O)Nc1ccccc1Sc1ccccc1. The summed E-state index contributed by atoms with van der Waals surface area (Å²) in [6.45, 7) is 0. The van der Waals surface area contributed by atoms with Gasteiger partial charge in [0.2, 0.25) is 0 Å². The Kier molecular flexibility index (Phi) is 6.84. The Bertz CT molecular complexity index is 1030. The highest BCUT2D eigenvalue weighted by Gasteiger charge is 2.12. The number of pyridine rings is 1. The highest BCUT2D eigenvalue weighted by molar-refractivity contribution is 9.10. The van der Waals surface area contributed by atoms with Crippen molar-refractivity contribution in [2.75, 3.05) is 10.6 Å². The van der Waals surface area contributed by atoms with Gasteiger partial charge in [0.25, 0.3) is 5.91 Å². The van der Waals surface area contributed by atoms with E-state index in [0.29, 0.717) is 11.5 Å². The maximum absolute atomic E-state index is 12.5. The largest absolute Gasteiger partial charge is 0.345 e. The highest BCUT2D eigenvalue weighted by Crippen LogP contribution is 2.33. The predicted molar refractivity (Wildman–Crippen MR) is 115 cm³/mol. The molecule has 3 rings (SSSR count). The van der Waals surface area contributed by atoms with Crippen molar-refractivity contribution in [3.05, 3.63) is 89.2 Å². The molecule has 0 aliphatic rings. The van der Waals surface area contributed by atoms with Crippen LogP contribution in [0.25, 0.3) is 0 Å². The number of anilines is 2. The van der Waals surface area contributed by atoms with E-state index in [-0.39, 0.29) is 5.57 Å². The normalized spacial score (nSPS) is 10.8. The summed E-state index contributed by atoms with van der Waals surface area (Å²) >= 11 is 4.85. The number of hydrogen-bond donors (Lipinski definition) is 2. The third-order valence-electron chi connectivity index (χ3n) is 3.56. The number of aromatic nitrogens is 1. The smallest absolute Gasteiger partial charge is 0.267 e. The van der Waals surface area contributed by atoms with E-state index in [2.05, 4.69) is 31.5 Å². The van der Waals surface area contributed by atoms with Gasteiger partial charge in [-0.1, -0.05) is 42.1 Å². The Hall–Kier alpha value is -3.08. The number of nitriles is 1. The number of para-hydroxylation sites is 1. The van der Waals surface area contributed by atoms with E-state index in [1.807, 2.05) is 66.7 Å². The summed E-state index contributed by atoms with van der Waals surface area (Å²) in [6, 6.07) is 22.8. The molecular formula is C21H15BrN4OS. The summed E-state index contributed by atoms with van der Waals surface area (Å²) < 4.78 is 0.841. The molecule has 0 aliphatic heterocycles. The van der Waals surface area contributed by atoms with Crippen LogP contribution in [0.1, 0.15) is 0 Å². The molecule has 28 heavy (non-hydrogen) atoms. The maximum atomic E-state index is 12.5. The Morgan fingerprint density at radius 2 is 1.82 bits per heavy atom. The number of carbonyl (C=O) groups excluding carboxylic acids is 1. The minimum atomic E-state index is -0.492. The van der Waals surface area contributed by atoms with E-state index in [0.717, 1.165) is 14.3 Å². The van der Waals surface area contributed by atoms with Gasteiger partial charge in [0.15, 0.2) is 0 Å². The van der Waals surface area contributed by atoms with Crippen LogP contribution in [0.5, 0.6) is 0 Å². The molecule has 1 amide bonds. The molecule has 1 heterocycles. The molecule has 2 N–H and O–H groups in total. The molecule has 0 radical (unpaired) electrons. The Labute approximate surface area is 175 Å². The zero-order chi connectivity index (χ0) is 19.8. The molecule has 5 nitrogen and oxygen atoms in total. The van der Waals surface area contributed by atoms with Gasteiger partial charge in [0, 0.05) is 26.7 Å². The molecular weight excluding hydrogens is 436 g/mol. The Morgan fingerprint density at radius 3 is 2.54 bits per heavy atom. The van der Waals surface area contributed by atoms with Crippen molar-refractivity contribution in [2.24, 2.45) is 0 Å². The van der Waals surface area contributed by atoms with Crippen LogP contribution < -0.4 is 10.6 Å². The van der Waals surface area contributed by atoms with Gasteiger partial charge in [-0.15, -0.1) is 0 Å². The number of carbonyl (C=O) groups is 1. The van der Waals surface area contributed by atoms with Crippen LogP contribution in [0.4, 0.5) is 11.5 Å². The molecule has 0 saturated heterocycles. The summed E-state index contributed by atoms with van der Waals surface area (Å²) in [6.07, 6.45) is 2.97. The van der Waals surface area contributed by atoms with Gasteiger partial charge >= 0.3 is 0 Å². The molecule has 3 aromatic rings. The van der Waals surface area contributed by atoms with Crippen molar-refractivity contribution < 1.29 is 4.79 Å². The van der Waals surface area contributed by atoms with Crippen LogP contribution in [0.2, 0.25) is 0 Å². The molecule has 0 saturated carbocycles. The Balaban J connectivity index is 1.73. The number of nitrogens with one attached hydrogen (secondary N) is 2. The van der Waals surface area contributed by atoms with Gasteiger partial charge in [0.1, 0.15) is 17.5 Å². The molecule has 0 bridgehead atoms. The van der Waals surface area contributed by atoms with Crippen LogP contribution in [0.3, 0.4) is 0 Å². The fourth-order valence-corrected chi connectivity index (χ4v) is 3.38. The second-order valence-corrected chi connectivity index (χ2v) is 7.57. The molecule has 0 unspecified atom stereocenters. The summed E-state index contributed by atoms with van der Waals surface area (Å²) in [7, 11) is 0. The van der Waals surface area contributed by atoms with E-state index in [9.17, 15) is 10.1 Å². The van der Waals surface area contributed by atoms with Crippen molar-refractivity contribution >= 4 is 45.1 Å². The minimum Gasteiger partial charge on any atom is -0.345 e. The zero-order valence-corrected chi connectivity index (χ0v) is 17.0. The number of amides is 1. The zero-order valence-electron chi connectivity index (χ0n) is 14.6. The molecule has 0 fully saturated rings. The monoisotopic (exact) mass is 450 g/mol. The van der Waals surface area contributed by atoms with Crippen LogP contribution >= 0.6 is 27.7 Å². The lowest BCUT2D eigenvalue weighted by Crippen LogP contribution is -2.15. The number of hydrogen-bond acceptors (Lipinski definition) is 5. The second kappa shape index (κ2) is 9.74. The van der Waals surface area contributed by atoms with E-state index in [4.69, 9.17) is 0 Å². The molecule has 138 valence electrons. The second-order valence-electron chi connectivity index (χ2n) is 5.54. The van der Waals surface area contributed by atoms with Crippen molar-refractivity contribution in [3.8, 4) is 6.07 Å². The lowest BCUT2D eigenvalue weighted by Gasteiger charge is -2.10. The first-order valence-electron chi connectivity index (χ1n) is 8.27. The summed E-state index contributed by atoms with van der Waals surface area (Å²) in [5.41, 5.74) is 0.591. The molecule has 0 aliphatic carbocycles. The summed E-state index contributed by atoms with van der Waals surface area (Å²) in [5.74, 6) is 0.0389. The fourth-order valence-electron chi connectivity index (χ4n) is 2.22. The first-order valence-corrected chi connectivity index (χ1v) is 9.88. The van der Waals surface area contributed by atoms with Gasteiger partial charge < -0.3 is 10.6 Å². The predicted octanol–water partition coefficient (Wildman–Crippen LogP) is 5.45. The quantitative estimate of drug-likeness (QED) is 0.385. The molecule has 1 aromatic heterocycles. The molecule has 7 heteroatoms. The van der Waals surface area contributed by atoms with E-state index in [1.54, 1.807) is 12.3 Å². The first-order chi connectivity index (χ1) is 13.7. The van der Waals surface area contributed by atoms with Crippen molar-refractivity contribution in [3.63, 3.8) is 0 Å².